The predicted octanol–water partition coefficient (Wildman–Crippen LogP) is 4.42. The highest BCUT2D eigenvalue weighted by Crippen LogP contribution is 2.23. The quantitative estimate of drug-likeness (QED) is 0.338. The number of hydrogen-bond acceptors (Lipinski definition) is 6. The molecule has 0 atom stereocenters. The number of carbonyl (C=O) groups is 1. The monoisotopic (exact) mass is 433 g/mol. The van der Waals surface area contributed by atoms with Crippen LogP contribution in [0.15, 0.2) is 88.4 Å². The average molecular weight is 433 g/mol. The molecule has 1 aliphatic heterocycles. The molecule has 31 heavy (non-hydrogen) atoms. The molecule has 0 saturated carbocycles. The topological polar surface area (TPSA) is 82.0 Å². The number of cyclic esters (lactones) is 1. The maximum Gasteiger partial charge on any atom is 0.363 e. The number of aryl methyl sites for hydroxylation is 2. The van der Waals surface area contributed by atoms with Crippen molar-refractivity contribution >= 4 is 28.1 Å². The number of ether oxygens (including phenoxy) is 1. The van der Waals surface area contributed by atoms with Crippen molar-refractivity contribution in [3.63, 3.8) is 0 Å². The van der Waals surface area contributed by atoms with Gasteiger partial charge in [-0.2, -0.15) is 8.42 Å². The normalized spacial score (nSPS) is 15.0. The summed E-state index contributed by atoms with van der Waals surface area (Å²) >= 11 is 0. The molecule has 0 fully saturated rings. The van der Waals surface area contributed by atoms with Crippen LogP contribution in [0.2, 0.25) is 0 Å². The highest BCUT2D eigenvalue weighted by Gasteiger charge is 2.24. The second kappa shape index (κ2) is 8.20. The Labute approximate surface area is 180 Å². The van der Waals surface area contributed by atoms with Gasteiger partial charge in [-0.15, -0.1) is 0 Å². The fraction of sp³-hybridized carbons (Fsp3) is 0.0833. The fourth-order valence-corrected chi connectivity index (χ4v) is 3.90. The lowest BCUT2D eigenvalue weighted by molar-refractivity contribution is -0.129. The van der Waals surface area contributed by atoms with Crippen molar-refractivity contribution in [2.45, 2.75) is 18.7 Å². The Hall–Kier alpha value is -3.71. The van der Waals surface area contributed by atoms with Gasteiger partial charge >= 0.3 is 16.1 Å². The summed E-state index contributed by atoms with van der Waals surface area (Å²) < 4.78 is 35.3. The summed E-state index contributed by atoms with van der Waals surface area (Å²) in [4.78, 5) is 16.5. The van der Waals surface area contributed by atoms with E-state index in [2.05, 4.69) is 4.99 Å². The lowest BCUT2D eigenvalue weighted by atomic mass is 10.1. The van der Waals surface area contributed by atoms with Crippen molar-refractivity contribution in [3.05, 3.63) is 101 Å². The Bertz CT molecular complexity index is 1300. The van der Waals surface area contributed by atoms with E-state index in [-0.39, 0.29) is 22.2 Å². The van der Waals surface area contributed by atoms with Crippen molar-refractivity contribution in [3.8, 4) is 5.75 Å². The number of nitrogens with zero attached hydrogens (tertiary/aromatic N) is 1. The molecule has 0 saturated heterocycles. The molecule has 3 aromatic carbocycles. The van der Waals surface area contributed by atoms with Crippen LogP contribution in [0.3, 0.4) is 0 Å². The SMILES string of the molecule is Cc1ccc(S(=O)(=O)Oc2ccc(C=C3N=C(c4cccc(C)c4)OC3=O)cc2)cc1. The van der Waals surface area contributed by atoms with E-state index in [1.54, 1.807) is 30.3 Å². The van der Waals surface area contributed by atoms with Crippen molar-refractivity contribution in [1.82, 2.24) is 0 Å². The van der Waals surface area contributed by atoms with Crippen molar-refractivity contribution < 1.29 is 22.1 Å². The van der Waals surface area contributed by atoms with Crippen molar-refractivity contribution in [2.24, 2.45) is 4.99 Å². The number of rotatable bonds is 5. The third-order valence-corrected chi connectivity index (χ3v) is 5.85. The molecule has 1 heterocycles. The van der Waals surface area contributed by atoms with Gasteiger partial charge in [0.25, 0.3) is 0 Å². The number of carbonyl (C=O) groups excluding carboxylic acids is 1. The molecule has 0 aliphatic carbocycles. The summed E-state index contributed by atoms with van der Waals surface area (Å²) in [6, 6.07) is 20.2. The van der Waals surface area contributed by atoms with Crippen LogP contribution < -0.4 is 4.18 Å². The van der Waals surface area contributed by atoms with Gasteiger partial charge in [-0.1, -0.05) is 47.5 Å². The van der Waals surface area contributed by atoms with Crippen LogP contribution >= 0.6 is 0 Å². The first-order valence-electron chi connectivity index (χ1n) is 9.51. The van der Waals surface area contributed by atoms with Crippen LogP contribution in [-0.4, -0.2) is 20.3 Å². The highest BCUT2D eigenvalue weighted by molar-refractivity contribution is 7.87. The van der Waals surface area contributed by atoms with Crippen LogP contribution in [0.25, 0.3) is 6.08 Å². The number of hydrogen-bond donors (Lipinski definition) is 0. The average Bonchev–Trinajstić information content (AvgIpc) is 3.10. The molecule has 7 heteroatoms. The first kappa shape index (κ1) is 20.6. The molecule has 0 radical (unpaired) electrons. The summed E-state index contributed by atoms with van der Waals surface area (Å²) in [5.74, 6) is -0.122. The Balaban J connectivity index is 1.52. The second-order valence-corrected chi connectivity index (χ2v) is 8.67. The first-order chi connectivity index (χ1) is 14.8. The summed E-state index contributed by atoms with van der Waals surface area (Å²) in [7, 11) is -3.93. The molecule has 0 bridgehead atoms. The van der Waals surface area contributed by atoms with E-state index in [1.807, 2.05) is 38.1 Å². The van der Waals surface area contributed by atoms with Crippen LogP contribution in [0.5, 0.6) is 5.75 Å². The van der Waals surface area contributed by atoms with Gasteiger partial charge in [0.2, 0.25) is 5.90 Å². The van der Waals surface area contributed by atoms with E-state index in [1.165, 1.54) is 24.3 Å². The zero-order valence-corrected chi connectivity index (χ0v) is 17.7. The number of benzene rings is 3. The Kier molecular flexibility index (Phi) is 5.44. The maximum atomic E-state index is 12.4. The Morgan fingerprint density at radius 3 is 2.29 bits per heavy atom. The van der Waals surface area contributed by atoms with Gasteiger partial charge in [0.05, 0.1) is 0 Å². The van der Waals surface area contributed by atoms with Crippen LogP contribution in [0.1, 0.15) is 22.3 Å². The fourth-order valence-electron chi connectivity index (χ4n) is 2.97. The summed E-state index contributed by atoms with van der Waals surface area (Å²) in [5.41, 5.74) is 3.53. The molecule has 0 amide bonds. The largest absolute Gasteiger partial charge is 0.402 e. The molecule has 0 N–H and O–H groups in total. The van der Waals surface area contributed by atoms with Crippen molar-refractivity contribution in [1.29, 1.82) is 0 Å². The van der Waals surface area contributed by atoms with E-state index in [9.17, 15) is 13.2 Å². The maximum absolute atomic E-state index is 12.4. The van der Waals surface area contributed by atoms with Crippen molar-refractivity contribution in [2.75, 3.05) is 0 Å². The van der Waals surface area contributed by atoms with E-state index in [0.717, 1.165) is 16.7 Å². The Morgan fingerprint density at radius 1 is 0.903 bits per heavy atom. The van der Waals surface area contributed by atoms with E-state index >= 15 is 0 Å². The summed E-state index contributed by atoms with van der Waals surface area (Å²) in [6.07, 6.45) is 1.57. The predicted molar refractivity (Wildman–Crippen MR) is 117 cm³/mol. The molecule has 0 unspecified atom stereocenters. The second-order valence-electron chi connectivity index (χ2n) is 7.13. The Morgan fingerprint density at radius 2 is 1.61 bits per heavy atom. The minimum atomic E-state index is -3.93. The lowest BCUT2D eigenvalue weighted by Crippen LogP contribution is -2.09. The van der Waals surface area contributed by atoms with Crippen LogP contribution in [0.4, 0.5) is 0 Å². The molecule has 4 rings (SSSR count). The summed E-state index contributed by atoms with van der Waals surface area (Å²) in [6.45, 7) is 3.82. The zero-order valence-electron chi connectivity index (χ0n) is 16.9. The van der Waals surface area contributed by atoms with E-state index < -0.39 is 16.1 Å². The minimum Gasteiger partial charge on any atom is -0.402 e. The number of esters is 1. The molecule has 0 aromatic heterocycles. The van der Waals surface area contributed by atoms with Gasteiger partial charge in [-0.3, -0.25) is 0 Å². The van der Waals surface area contributed by atoms with Gasteiger partial charge < -0.3 is 8.92 Å². The lowest BCUT2D eigenvalue weighted by Gasteiger charge is -2.07. The van der Waals surface area contributed by atoms with E-state index in [4.69, 9.17) is 8.92 Å². The van der Waals surface area contributed by atoms with Gasteiger partial charge in [0.15, 0.2) is 5.70 Å². The molecule has 0 spiro atoms. The molecule has 3 aromatic rings. The molecular formula is C24H19NO5S. The number of aliphatic imine (C=N–C) groups is 1. The summed E-state index contributed by atoms with van der Waals surface area (Å²) in [5, 5.41) is 0. The van der Waals surface area contributed by atoms with Gasteiger partial charge in [0, 0.05) is 5.56 Å². The van der Waals surface area contributed by atoms with Crippen LogP contribution in [0, 0.1) is 13.8 Å². The zero-order chi connectivity index (χ0) is 22.0. The van der Waals surface area contributed by atoms with Gasteiger partial charge in [-0.25, -0.2) is 9.79 Å². The van der Waals surface area contributed by atoms with E-state index in [0.29, 0.717) is 5.56 Å². The first-order valence-corrected chi connectivity index (χ1v) is 10.9. The highest BCUT2D eigenvalue weighted by atomic mass is 32.2. The molecule has 156 valence electrons. The minimum absolute atomic E-state index is 0.0796. The smallest absolute Gasteiger partial charge is 0.363 e. The standard InChI is InChI=1S/C24H19NO5S/c1-16-6-12-21(13-7-16)31(27,28)30-20-10-8-18(9-11-20)15-22-24(26)29-23(25-22)19-5-3-4-17(2)14-19/h3-15H,1-2H3. The molecule has 6 nitrogen and oxygen atoms in total. The third kappa shape index (κ3) is 4.73. The molecular weight excluding hydrogens is 414 g/mol. The molecule has 1 aliphatic rings. The van der Waals surface area contributed by atoms with Crippen LogP contribution in [-0.2, 0) is 19.6 Å². The van der Waals surface area contributed by atoms with Gasteiger partial charge in [-0.05, 0) is 61.9 Å². The third-order valence-electron chi connectivity index (χ3n) is 4.58. The van der Waals surface area contributed by atoms with Gasteiger partial charge in [0.1, 0.15) is 10.6 Å².